The van der Waals surface area contributed by atoms with Gasteiger partial charge in [-0.15, -0.1) is 0 Å². The fourth-order valence-corrected chi connectivity index (χ4v) is 2.68. The van der Waals surface area contributed by atoms with Crippen LogP contribution in [0.2, 0.25) is 5.02 Å². The molecule has 1 amide bonds. The van der Waals surface area contributed by atoms with Crippen molar-refractivity contribution in [2.24, 2.45) is 5.92 Å². The Morgan fingerprint density at radius 3 is 2.70 bits per heavy atom. The molecule has 1 N–H and O–H groups in total. The highest BCUT2D eigenvalue weighted by Gasteiger charge is 2.12. The van der Waals surface area contributed by atoms with Gasteiger partial charge in [0, 0.05) is 36.6 Å². The van der Waals surface area contributed by atoms with Gasteiger partial charge in [-0.25, -0.2) is 4.98 Å². The highest BCUT2D eigenvalue weighted by Crippen LogP contribution is 2.18. The molecule has 5 nitrogen and oxygen atoms in total. The number of hydrogen-bond donors (Lipinski definition) is 1. The minimum absolute atomic E-state index is 0.00403. The van der Waals surface area contributed by atoms with Crippen molar-refractivity contribution in [2.75, 3.05) is 25.0 Å². The second-order valence-corrected chi connectivity index (χ2v) is 7.02. The molecule has 0 aliphatic heterocycles. The Morgan fingerprint density at radius 1 is 1.35 bits per heavy atom. The van der Waals surface area contributed by atoms with Crippen LogP contribution < -0.4 is 10.2 Å². The summed E-state index contributed by atoms with van der Waals surface area (Å²) in [5.74, 6) is 1.19. The Kier molecular flexibility index (Phi) is 6.36. The molecule has 124 valence electrons. The van der Waals surface area contributed by atoms with Gasteiger partial charge in [-0.1, -0.05) is 37.6 Å². The summed E-state index contributed by atoms with van der Waals surface area (Å²) in [5.41, 5.74) is 1.11. The molecule has 0 atom stereocenters. The topological polar surface area (TPSA) is 58.1 Å². The van der Waals surface area contributed by atoms with Crippen molar-refractivity contribution in [2.45, 2.75) is 20.3 Å². The van der Waals surface area contributed by atoms with E-state index in [1.54, 1.807) is 0 Å². The lowest BCUT2D eigenvalue weighted by atomic mass is 10.1. The number of hydrogen-bond acceptors (Lipinski definition) is 5. The molecule has 2 aromatic rings. The van der Waals surface area contributed by atoms with E-state index in [0.717, 1.165) is 16.5 Å². The third-order valence-corrected chi connectivity index (χ3v) is 4.27. The maximum atomic E-state index is 11.9. The summed E-state index contributed by atoms with van der Waals surface area (Å²) in [6.45, 7) is 5.10. The third kappa shape index (κ3) is 5.80. The Labute approximate surface area is 145 Å². The molecule has 7 heteroatoms. The van der Waals surface area contributed by atoms with Gasteiger partial charge in [0.25, 0.3) is 0 Å². The first-order valence-corrected chi connectivity index (χ1v) is 8.64. The molecule has 2 rings (SSSR count). The Balaban J connectivity index is 1.90. The number of carbonyl (C=O) groups excluding carboxylic acids is 1. The van der Waals surface area contributed by atoms with Crippen LogP contribution in [0.4, 0.5) is 5.13 Å². The van der Waals surface area contributed by atoms with E-state index in [9.17, 15) is 4.79 Å². The van der Waals surface area contributed by atoms with Crippen LogP contribution in [0.15, 0.2) is 24.3 Å². The lowest BCUT2D eigenvalue weighted by Gasteiger charge is -2.15. The fraction of sp³-hybridized carbons (Fsp3) is 0.438. The van der Waals surface area contributed by atoms with Crippen LogP contribution in [-0.4, -0.2) is 35.4 Å². The van der Waals surface area contributed by atoms with Crippen molar-refractivity contribution in [1.82, 2.24) is 14.7 Å². The van der Waals surface area contributed by atoms with E-state index < -0.39 is 0 Å². The number of anilines is 1. The summed E-state index contributed by atoms with van der Waals surface area (Å²) in [5, 5.41) is 4.36. The van der Waals surface area contributed by atoms with E-state index in [1.165, 1.54) is 11.5 Å². The summed E-state index contributed by atoms with van der Waals surface area (Å²) in [6, 6.07) is 7.64. The highest BCUT2D eigenvalue weighted by molar-refractivity contribution is 7.09. The zero-order valence-corrected chi connectivity index (χ0v) is 15.1. The van der Waals surface area contributed by atoms with Crippen LogP contribution >= 0.6 is 23.1 Å². The summed E-state index contributed by atoms with van der Waals surface area (Å²) >= 11 is 7.19. The lowest BCUT2D eigenvalue weighted by Crippen LogP contribution is -2.36. The van der Waals surface area contributed by atoms with Crippen molar-refractivity contribution >= 4 is 34.2 Å². The molecular formula is C16H21ClN4OS. The van der Waals surface area contributed by atoms with Crippen LogP contribution in [0.25, 0.3) is 0 Å². The van der Waals surface area contributed by atoms with E-state index in [1.807, 2.05) is 36.2 Å². The maximum Gasteiger partial charge on any atom is 0.239 e. The van der Waals surface area contributed by atoms with Crippen molar-refractivity contribution in [3.05, 3.63) is 40.7 Å². The number of likely N-dealkylation sites (N-methyl/N-ethyl adjacent to an activating group) is 1. The van der Waals surface area contributed by atoms with Crippen LogP contribution in [0.5, 0.6) is 0 Å². The molecule has 0 bridgehead atoms. The van der Waals surface area contributed by atoms with E-state index in [-0.39, 0.29) is 12.5 Å². The molecule has 0 aliphatic rings. The average molecular weight is 353 g/mol. The van der Waals surface area contributed by atoms with Gasteiger partial charge in [-0.05, 0) is 23.6 Å². The molecule has 0 saturated carbocycles. The molecular weight excluding hydrogens is 332 g/mol. The number of aromatic nitrogens is 2. The summed E-state index contributed by atoms with van der Waals surface area (Å²) in [6.07, 6.45) is 0.654. The smallest absolute Gasteiger partial charge is 0.239 e. The molecule has 0 radical (unpaired) electrons. The summed E-state index contributed by atoms with van der Waals surface area (Å²) in [4.78, 5) is 18.2. The lowest BCUT2D eigenvalue weighted by molar-refractivity contribution is -0.119. The molecule has 1 aromatic heterocycles. The van der Waals surface area contributed by atoms with E-state index in [4.69, 9.17) is 11.6 Å². The van der Waals surface area contributed by atoms with Gasteiger partial charge < -0.3 is 10.2 Å². The minimum atomic E-state index is -0.00403. The third-order valence-electron chi connectivity index (χ3n) is 3.15. The van der Waals surface area contributed by atoms with Crippen molar-refractivity contribution < 1.29 is 4.79 Å². The number of rotatable bonds is 7. The highest BCUT2D eigenvalue weighted by atomic mass is 35.5. The van der Waals surface area contributed by atoms with Crippen LogP contribution in [0, 0.1) is 5.92 Å². The molecule has 1 aromatic carbocycles. The van der Waals surface area contributed by atoms with E-state index in [0.29, 0.717) is 23.9 Å². The normalized spacial score (nSPS) is 10.8. The zero-order chi connectivity index (χ0) is 16.8. The average Bonchev–Trinajstić information content (AvgIpc) is 2.96. The van der Waals surface area contributed by atoms with E-state index in [2.05, 4.69) is 28.5 Å². The largest absolute Gasteiger partial charge is 0.354 e. The number of amides is 1. The number of carbonyl (C=O) groups is 1. The van der Waals surface area contributed by atoms with Gasteiger partial charge in [0.05, 0.1) is 6.54 Å². The molecule has 0 spiro atoms. The second kappa shape index (κ2) is 8.26. The van der Waals surface area contributed by atoms with Gasteiger partial charge in [0.2, 0.25) is 11.0 Å². The Bertz CT molecular complexity index is 642. The second-order valence-electron chi connectivity index (χ2n) is 5.85. The predicted octanol–water partition coefficient (Wildman–Crippen LogP) is 2.99. The van der Waals surface area contributed by atoms with E-state index >= 15 is 0 Å². The molecule has 0 aliphatic carbocycles. The predicted molar refractivity (Wildman–Crippen MR) is 95.3 cm³/mol. The van der Waals surface area contributed by atoms with Gasteiger partial charge in [-0.3, -0.25) is 4.79 Å². The SMILES string of the molecule is CC(C)CNC(=O)CN(C)c1nc(Cc2ccc(Cl)cc2)ns1. The van der Waals surface area contributed by atoms with Crippen molar-refractivity contribution in [3.8, 4) is 0 Å². The van der Waals surface area contributed by atoms with Crippen molar-refractivity contribution in [3.63, 3.8) is 0 Å². The summed E-state index contributed by atoms with van der Waals surface area (Å²) < 4.78 is 4.36. The standard InChI is InChI=1S/C16H21ClN4OS/c1-11(2)9-18-15(22)10-21(3)16-19-14(20-23-16)8-12-4-6-13(17)7-5-12/h4-7,11H,8-10H2,1-3H3,(H,18,22). The minimum Gasteiger partial charge on any atom is -0.354 e. The van der Waals surface area contributed by atoms with Gasteiger partial charge in [-0.2, -0.15) is 4.37 Å². The first-order chi connectivity index (χ1) is 10.9. The Morgan fingerprint density at radius 2 is 2.04 bits per heavy atom. The van der Waals surface area contributed by atoms with Gasteiger partial charge >= 0.3 is 0 Å². The molecule has 0 saturated heterocycles. The van der Waals surface area contributed by atoms with Crippen LogP contribution in [0.1, 0.15) is 25.2 Å². The molecule has 0 unspecified atom stereocenters. The van der Waals surface area contributed by atoms with Crippen LogP contribution in [0.3, 0.4) is 0 Å². The monoisotopic (exact) mass is 352 g/mol. The number of nitrogens with zero attached hydrogens (tertiary/aromatic N) is 3. The molecule has 0 fully saturated rings. The number of halogens is 1. The molecule has 23 heavy (non-hydrogen) atoms. The van der Waals surface area contributed by atoms with Gasteiger partial charge in [0.1, 0.15) is 5.82 Å². The quantitative estimate of drug-likeness (QED) is 0.832. The number of benzene rings is 1. The van der Waals surface area contributed by atoms with Gasteiger partial charge in [0.15, 0.2) is 0 Å². The Hall–Kier alpha value is -1.66. The first-order valence-electron chi connectivity index (χ1n) is 7.49. The zero-order valence-electron chi connectivity index (χ0n) is 13.5. The summed E-state index contributed by atoms with van der Waals surface area (Å²) in [7, 11) is 1.85. The maximum absolute atomic E-state index is 11.9. The van der Waals surface area contributed by atoms with Crippen LogP contribution in [-0.2, 0) is 11.2 Å². The van der Waals surface area contributed by atoms with Crippen molar-refractivity contribution in [1.29, 1.82) is 0 Å². The first kappa shape index (κ1) is 17.7. The fourth-order valence-electron chi connectivity index (χ4n) is 1.91. The number of nitrogens with one attached hydrogen (secondary N) is 1. The molecule has 1 heterocycles.